The van der Waals surface area contributed by atoms with Gasteiger partial charge in [-0.2, -0.15) is 4.89 Å². The van der Waals surface area contributed by atoms with E-state index >= 15 is 0 Å². The van der Waals surface area contributed by atoms with E-state index in [-0.39, 0.29) is 5.78 Å². The van der Waals surface area contributed by atoms with Gasteiger partial charge in [-0.05, 0) is 30.9 Å². The van der Waals surface area contributed by atoms with Crippen LogP contribution in [0.5, 0.6) is 0 Å². The maximum atomic E-state index is 13.2. The molecule has 0 saturated carbocycles. The van der Waals surface area contributed by atoms with Crippen LogP contribution < -0.4 is 0 Å². The van der Waals surface area contributed by atoms with Crippen molar-refractivity contribution in [1.82, 2.24) is 0 Å². The first-order chi connectivity index (χ1) is 14.7. The highest BCUT2D eigenvalue weighted by molar-refractivity contribution is 6.13. The van der Waals surface area contributed by atoms with Crippen molar-refractivity contribution >= 4 is 5.78 Å². The third-order valence-electron chi connectivity index (χ3n) is 5.96. The monoisotopic (exact) mass is 410 g/mol. The van der Waals surface area contributed by atoms with E-state index in [0.717, 1.165) is 37.7 Å². The molecule has 3 rings (SSSR count). The van der Waals surface area contributed by atoms with Crippen molar-refractivity contribution in [3.63, 3.8) is 0 Å². The minimum atomic E-state index is -1.47. The van der Waals surface area contributed by atoms with Crippen molar-refractivity contribution in [3.8, 4) is 0 Å². The summed E-state index contributed by atoms with van der Waals surface area (Å²) >= 11 is 0. The van der Waals surface area contributed by atoms with Crippen LogP contribution in [-0.4, -0.2) is 17.6 Å². The van der Waals surface area contributed by atoms with Crippen LogP contribution in [0.25, 0.3) is 0 Å². The minimum Gasteiger partial charge on any atom is -0.340 e. The van der Waals surface area contributed by atoms with Crippen molar-refractivity contribution in [2.75, 3.05) is 6.61 Å². The average molecular weight is 411 g/mol. The summed E-state index contributed by atoms with van der Waals surface area (Å²) in [7, 11) is 0. The Morgan fingerprint density at radius 3 is 2.30 bits per heavy atom. The maximum Gasteiger partial charge on any atom is 0.255 e. The Morgan fingerprint density at radius 2 is 1.53 bits per heavy atom. The number of hydrogen-bond donors (Lipinski definition) is 1. The van der Waals surface area contributed by atoms with Gasteiger partial charge in [0.2, 0.25) is 0 Å². The Hall–Kier alpha value is -2.01. The molecule has 4 heteroatoms. The Balaban J connectivity index is 1.92. The van der Waals surface area contributed by atoms with Crippen LogP contribution in [0.3, 0.4) is 0 Å². The molecule has 4 nitrogen and oxygen atoms in total. The number of aryl methyl sites for hydroxylation is 1. The van der Waals surface area contributed by atoms with Gasteiger partial charge in [-0.15, -0.1) is 0 Å². The number of fused-ring (bicyclic) bond motifs is 2. The molecule has 2 aromatic rings. The van der Waals surface area contributed by atoms with E-state index in [9.17, 15) is 10.1 Å². The number of carbonyl (C=O) groups is 1. The summed E-state index contributed by atoms with van der Waals surface area (Å²) in [5.74, 6) is -1.51. The summed E-state index contributed by atoms with van der Waals surface area (Å²) in [5.41, 5.74) is 3.36. The maximum absolute atomic E-state index is 13.2. The largest absolute Gasteiger partial charge is 0.340 e. The smallest absolute Gasteiger partial charge is 0.255 e. The molecule has 1 N–H and O–H groups in total. The zero-order valence-corrected chi connectivity index (χ0v) is 18.3. The lowest BCUT2D eigenvalue weighted by atomic mass is 9.79. The molecule has 30 heavy (non-hydrogen) atoms. The molecule has 0 fully saturated rings. The van der Waals surface area contributed by atoms with Gasteiger partial charge in [0.15, 0.2) is 5.78 Å². The van der Waals surface area contributed by atoms with Crippen molar-refractivity contribution in [2.45, 2.75) is 77.4 Å². The number of rotatable bonds is 12. The highest BCUT2D eigenvalue weighted by Gasteiger charge is 2.46. The van der Waals surface area contributed by atoms with Gasteiger partial charge in [0.1, 0.15) is 0 Å². The lowest BCUT2D eigenvalue weighted by Crippen LogP contribution is -2.40. The Kier molecular flexibility index (Phi) is 8.20. The number of ketones is 1. The predicted molar refractivity (Wildman–Crippen MR) is 119 cm³/mol. The van der Waals surface area contributed by atoms with E-state index in [1.807, 2.05) is 30.3 Å². The summed E-state index contributed by atoms with van der Waals surface area (Å²) in [6.07, 6.45) is 9.86. The third kappa shape index (κ3) is 4.66. The Bertz CT molecular complexity index is 845. The Labute approximate surface area is 180 Å². The topological polar surface area (TPSA) is 55.8 Å². The first-order valence-corrected chi connectivity index (χ1v) is 11.4. The van der Waals surface area contributed by atoms with Gasteiger partial charge in [-0.3, -0.25) is 4.79 Å². The van der Waals surface area contributed by atoms with Crippen molar-refractivity contribution < 1.29 is 19.7 Å². The van der Waals surface area contributed by atoms with Crippen molar-refractivity contribution in [1.29, 1.82) is 0 Å². The van der Waals surface area contributed by atoms with Crippen LogP contribution in [0, 0.1) is 0 Å². The normalized spacial score (nSPS) is 17.6. The van der Waals surface area contributed by atoms with E-state index in [2.05, 4.69) is 13.8 Å². The van der Waals surface area contributed by atoms with Crippen LogP contribution in [-0.2, 0) is 21.8 Å². The fraction of sp³-hybridized carbons (Fsp3) is 0.500. The van der Waals surface area contributed by atoms with E-state index in [1.54, 1.807) is 12.1 Å². The molecule has 1 atom stereocenters. The van der Waals surface area contributed by atoms with Gasteiger partial charge >= 0.3 is 0 Å². The van der Waals surface area contributed by atoms with Gasteiger partial charge in [-0.1, -0.05) is 88.8 Å². The first kappa shape index (κ1) is 22.7. The SMILES string of the molecule is CCCCCCCOC1(OO)c2ccccc2C(=O)c2cc(CCCCC)ccc21. The van der Waals surface area contributed by atoms with Gasteiger partial charge in [0.05, 0.1) is 6.61 Å². The van der Waals surface area contributed by atoms with Crippen LogP contribution in [0.4, 0.5) is 0 Å². The zero-order valence-electron chi connectivity index (χ0n) is 18.3. The molecule has 0 radical (unpaired) electrons. The molecule has 1 aliphatic carbocycles. The molecule has 0 heterocycles. The summed E-state index contributed by atoms with van der Waals surface area (Å²) in [6.45, 7) is 4.82. The van der Waals surface area contributed by atoms with Gasteiger partial charge in [-0.25, -0.2) is 5.26 Å². The van der Waals surface area contributed by atoms with Gasteiger partial charge in [0, 0.05) is 22.3 Å². The number of unbranched alkanes of at least 4 members (excludes halogenated alkanes) is 6. The fourth-order valence-electron chi connectivity index (χ4n) is 4.26. The molecule has 1 unspecified atom stereocenters. The molecule has 1 aliphatic rings. The standard InChI is InChI=1S/C26H34O4/c1-3-5-7-8-12-18-29-26(30-28)23-15-11-10-14-21(23)25(27)22-19-20(13-9-6-4-2)16-17-24(22)26/h10-11,14-17,19,28H,3-9,12-13,18H2,1-2H3. The summed E-state index contributed by atoms with van der Waals surface area (Å²) in [5, 5.41) is 10.1. The zero-order chi connectivity index (χ0) is 21.4. The van der Waals surface area contributed by atoms with Crippen LogP contribution in [0.2, 0.25) is 0 Å². The van der Waals surface area contributed by atoms with Crippen LogP contribution >= 0.6 is 0 Å². The summed E-state index contributed by atoms with van der Waals surface area (Å²) in [4.78, 5) is 18.3. The van der Waals surface area contributed by atoms with E-state index in [1.165, 1.54) is 25.7 Å². The number of hydrogen-bond acceptors (Lipinski definition) is 4. The van der Waals surface area contributed by atoms with Crippen LogP contribution in [0.1, 0.15) is 97.8 Å². The summed E-state index contributed by atoms with van der Waals surface area (Å²) in [6, 6.07) is 13.1. The first-order valence-electron chi connectivity index (χ1n) is 11.4. The molecule has 162 valence electrons. The lowest BCUT2D eigenvalue weighted by Gasteiger charge is -2.37. The molecular formula is C26H34O4. The molecule has 0 bridgehead atoms. The number of carbonyl (C=O) groups excluding carboxylic acids is 1. The van der Waals surface area contributed by atoms with Crippen molar-refractivity contribution in [2.24, 2.45) is 0 Å². The summed E-state index contributed by atoms with van der Waals surface area (Å²) < 4.78 is 6.22. The van der Waals surface area contributed by atoms with E-state index in [0.29, 0.717) is 28.9 Å². The van der Waals surface area contributed by atoms with E-state index < -0.39 is 5.79 Å². The quantitative estimate of drug-likeness (QED) is 0.184. The highest BCUT2D eigenvalue weighted by atomic mass is 17.1. The minimum absolute atomic E-state index is 0.0443. The number of benzene rings is 2. The third-order valence-corrected chi connectivity index (χ3v) is 5.96. The Morgan fingerprint density at radius 1 is 0.833 bits per heavy atom. The molecule has 0 aliphatic heterocycles. The predicted octanol–water partition coefficient (Wildman–Crippen LogP) is 6.64. The molecule has 0 spiro atoms. The van der Waals surface area contributed by atoms with Crippen LogP contribution in [0.15, 0.2) is 42.5 Å². The second-order valence-corrected chi connectivity index (χ2v) is 8.18. The second kappa shape index (κ2) is 10.9. The van der Waals surface area contributed by atoms with Gasteiger partial charge in [0.25, 0.3) is 5.79 Å². The van der Waals surface area contributed by atoms with Gasteiger partial charge < -0.3 is 4.74 Å². The lowest BCUT2D eigenvalue weighted by molar-refractivity contribution is -0.396. The fourth-order valence-corrected chi connectivity index (χ4v) is 4.26. The van der Waals surface area contributed by atoms with E-state index in [4.69, 9.17) is 9.62 Å². The molecule has 0 aromatic heterocycles. The average Bonchev–Trinajstić information content (AvgIpc) is 2.78. The molecular weight excluding hydrogens is 376 g/mol. The second-order valence-electron chi connectivity index (χ2n) is 8.18. The molecule has 0 amide bonds. The molecule has 2 aromatic carbocycles. The highest BCUT2D eigenvalue weighted by Crippen LogP contribution is 2.43. The molecule has 0 saturated heterocycles. The van der Waals surface area contributed by atoms with Crippen molar-refractivity contribution in [3.05, 3.63) is 70.3 Å². The number of ether oxygens (including phenoxy) is 1.